The van der Waals surface area contributed by atoms with Crippen LogP contribution in [-0.4, -0.2) is 20.8 Å². The van der Waals surface area contributed by atoms with E-state index in [4.69, 9.17) is 0 Å². The topological polar surface area (TPSA) is 47.8 Å². The second-order valence-corrected chi connectivity index (χ2v) is 3.87. The predicted molar refractivity (Wildman–Crippen MR) is 60.3 cm³/mol. The van der Waals surface area contributed by atoms with Crippen molar-refractivity contribution in [1.82, 2.24) is 15.0 Å². The molecule has 0 bridgehead atoms. The summed E-state index contributed by atoms with van der Waals surface area (Å²) in [6.45, 7) is 3.98. The lowest BCUT2D eigenvalue weighted by molar-refractivity contribution is 0.103. The maximum absolute atomic E-state index is 12.0. The highest BCUT2D eigenvalue weighted by Crippen LogP contribution is 2.08. The zero-order chi connectivity index (χ0) is 11.5. The molecule has 0 fully saturated rings. The minimum absolute atomic E-state index is 0.0903. The fraction of sp³-hybridized carbons (Fsp3) is 0.250. The molecule has 16 heavy (non-hydrogen) atoms. The predicted octanol–water partition coefficient (Wildman–Crippen LogP) is 2.09. The summed E-state index contributed by atoms with van der Waals surface area (Å²) in [4.78, 5) is 12.0. The largest absolute Gasteiger partial charge is 0.287 e. The number of rotatable bonds is 3. The molecule has 4 nitrogen and oxygen atoms in total. The molecule has 0 atom stereocenters. The first-order valence-corrected chi connectivity index (χ1v) is 5.20. The van der Waals surface area contributed by atoms with Crippen molar-refractivity contribution in [3.8, 4) is 0 Å². The van der Waals surface area contributed by atoms with Crippen LogP contribution in [0.15, 0.2) is 36.5 Å². The molecule has 1 aromatic carbocycles. The van der Waals surface area contributed by atoms with Crippen molar-refractivity contribution in [2.75, 3.05) is 0 Å². The Kier molecular flexibility index (Phi) is 2.81. The molecule has 0 unspecified atom stereocenters. The van der Waals surface area contributed by atoms with E-state index >= 15 is 0 Å². The normalized spacial score (nSPS) is 10.7. The SMILES string of the molecule is CC(C)n1cc(C(=O)c2ccccc2)nn1. The molecule has 0 spiro atoms. The van der Waals surface area contributed by atoms with Crippen LogP contribution in [0.25, 0.3) is 0 Å². The summed E-state index contributed by atoms with van der Waals surface area (Å²) in [5.41, 5.74) is 1.03. The number of ketones is 1. The van der Waals surface area contributed by atoms with Gasteiger partial charge >= 0.3 is 0 Å². The molecule has 0 amide bonds. The van der Waals surface area contributed by atoms with Gasteiger partial charge in [0.05, 0.1) is 6.20 Å². The van der Waals surface area contributed by atoms with E-state index in [1.54, 1.807) is 23.0 Å². The Bertz CT molecular complexity index is 488. The lowest BCUT2D eigenvalue weighted by atomic mass is 10.1. The quantitative estimate of drug-likeness (QED) is 0.736. The van der Waals surface area contributed by atoms with E-state index in [-0.39, 0.29) is 11.8 Å². The van der Waals surface area contributed by atoms with Crippen LogP contribution < -0.4 is 0 Å². The first-order chi connectivity index (χ1) is 7.68. The van der Waals surface area contributed by atoms with Gasteiger partial charge in [0, 0.05) is 11.6 Å². The van der Waals surface area contributed by atoms with Gasteiger partial charge in [0.25, 0.3) is 0 Å². The van der Waals surface area contributed by atoms with Crippen LogP contribution in [0.5, 0.6) is 0 Å². The highest BCUT2D eigenvalue weighted by Gasteiger charge is 2.13. The number of hydrogen-bond donors (Lipinski definition) is 0. The Morgan fingerprint density at radius 2 is 1.94 bits per heavy atom. The summed E-state index contributed by atoms with van der Waals surface area (Å²) in [7, 11) is 0. The second kappa shape index (κ2) is 4.26. The zero-order valence-corrected chi connectivity index (χ0v) is 9.29. The summed E-state index contributed by atoms with van der Waals surface area (Å²) in [6.07, 6.45) is 1.68. The molecule has 1 heterocycles. The van der Waals surface area contributed by atoms with Crippen molar-refractivity contribution >= 4 is 5.78 Å². The molecule has 0 aliphatic heterocycles. The van der Waals surface area contributed by atoms with E-state index < -0.39 is 0 Å². The number of carbonyl (C=O) groups excluding carboxylic acids is 1. The third kappa shape index (κ3) is 2.00. The third-order valence-corrected chi connectivity index (χ3v) is 2.31. The molecule has 82 valence electrons. The standard InChI is InChI=1S/C12H13N3O/c1-9(2)15-8-11(13-14-15)12(16)10-6-4-3-5-7-10/h3-9H,1-2H3. The molecule has 2 rings (SSSR count). The van der Waals surface area contributed by atoms with Crippen molar-refractivity contribution in [3.05, 3.63) is 47.8 Å². The lowest BCUT2D eigenvalue weighted by Gasteiger charge is -2.00. The van der Waals surface area contributed by atoms with Gasteiger partial charge in [-0.3, -0.25) is 4.79 Å². The summed E-state index contributed by atoms with van der Waals surface area (Å²) >= 11 is 0. The molecule has 0 saturated carbocycles. The van der Waals surface area contributed by atoms with Crippen LogP contribution in [0, 0.1) is 0 Å². The van der Waals surface area contributed by atoms with Gasteiger partial charge in [0.15, 0.2) is 5.69 Å². The van der Waals surface area contributed by atoms with E-state index in [9.17, 15) is 4.79 Å². The molecule has 4 heteroatoms. The van der Waals surface area contributed by atoms with Gasteiger partial charge < -0.3 is 0 Å². The Morgan fingerprint density at radius 1 is 1.25 bits per heavy atom. The zero-order valence-electron chi connectivity index (χ0n) is 9.29. The Hall–Kier alpha value is -1.97. The average Bonchev–Trinajstić information content (AvgIpc) is 2.78. The van der Waals surface area contributed by atoms with E-state index in [2.05, 4.69) is 10.3 Å². The minimum Gasteiger partial charge on any atom is -0.287 e. The van der Waals surface area contributed by atoms with Gasteiger partial charge in [-0.25, -0.2) is 4.68 Å². The van der Waals surface area contributed by atoms with Crippen LogP contribution in [0.4, 0.5) is 0 Å². The number of benzene rings is 1. The number of nitrogens with zero attached hydrogens (tertiary/aromatic N) is 3. The fourth-order valence-electron chi connectivity index (χ4n) is 1.37. The van der Waals surface area contributed by atoms with E-state index in [1.165, 1.54) is 0 Å². The van der Waals surface area contributed by atoms with Gasteiger partial charge in [-0.15, -0.1) is 5.10 Å². The maximum Gasteiger partial charge on any atom is 0.214 e. The summed E-state index contributed by atoms with van der Waals surface area (Å²) in [5.74, 6) is -0.0903. The Balaban J connectivity index is 2.28. The molecule has 0 saturated heterocycles. The number of carbonyl (C=O) groups is 1. The molecule has 0 N–H and O–H groups in total. The van der Waals surface area contributed by atoms with Crippen LogP contribution >= 0.6 is 0 Å². The first-order valence-electron chi connectivity index (χ1n) is 5.20. The first kappa shape index (κ1) is 10.5. The molecule has 0 aliphatic carbocycles. The molecule has 2 aromatic rings. The van der Waals surface area contributed by atoms with Crippen LogP contribution in [0.2, 0.25) is 0 Å². The number of aromatic nitrogens is 3. The lowest BCUT2D eigenvalue weighted by Crippen LogP contribution is -2.02. The van der Waals surface area contributed by atoms with Gasteiger partial charge in [-0.1, -0.05) is 35.5 Å². The molecule has 1 aromatic heterocycles. The minimum atomic E-state index is -0.0903. The van der Waals surface area contributed by atoms with Crippen LogP contribution in [-0.2, 0) is 0 Å². The Morgan fingerprint density at radius 3 is 2.50 bits per heavy atom. The maximum atomic E-state index is 12.0. The van der Waals surface area contributed by atoms with Gasteiger partial charge in [-0.05, 0) is 13.8 Å². The van der Waals surface area contributed by atoms with Crippen molar-refractivity contribution in [1.29, 1.82) is 0 Å². The van der Waals surface area contributed by atoms with E-state index in [1.807, 2.05) is 32.0 Å². The van der Waals surface area contributed by atoms with E-state index in [0.717, 1.165) is 0 Å². The number of hydrogen-bond acceptors (Lipinski definition) is 3. The highest BCUT2D eigenvalue weighted by atomic mass is 16.1. The van der Waals surface area contributed by atoms with Crippen molar-refractivity contribution < 1.29 is 4.79 Å². The molecular weight excluding hydrogens is 202 g/mol. The van der Waals surface area contributed by atoms with Crippen molar-refractivity contribution in [2.24, 2.45) is 0 Å². The van der Waals surface area contributed by atoms with Gasteiger partial charge in [-0.2, -0.15) is 0 Å². The average molecular weight is 215 g/mol. The van der Waals surface area contributed by atoms with Crippen LogP contribution in [0.1, 0.15) is 35.9 Å². The highest BCUT2D eigenvalue weighted by molar-refractivity contribution is 6.07. The Labute approximate surface area is 93.9 Å². The monoisotopic (exact) mass is 215 g/mol. The summed E-state index contributed by atoms with van der Waals surface area (Å²) < 4.78 is 1.68. The molecular formula is C12H13N3O. The van der Waals surface area contributed by atoms with Crippen molar-refractivity contribution in [3.63, 3.8) is 0 Å². The van der Waals surface area contributed by atoms with Crippen molar-refractivity contribution in [2.45, 2.75) is 19.9 Å². The van der Waals surface area contributed by atoms with E-state index in [0.29, 0.717) is 11.3 Å². The van der Waals surface area contributed by atoms with Gasteiger partial charge in [0.1, 0.15) is 0 Å². The van der Waals surface area contributed by atoms with Crippen LogP contribution in [0.3, 0.4) is 0 Å². The summed E-state index contributed by atoms with van der Waals surface area (Å²) in [5, 5.41) is 7.79. The molecule has 0 aliphatic rings. The third-order valence-electron chi connectivity index (χ3n) is 2.31. The smallest absolute Gasteiger partial charge is 0.214 e. The molecule has 0 radical (unpaired) electrons. The fourth-order valence-corrected chi connectivity index (χ4v) is 1.37. The second-order valence-electron chi connectivity index (χ2n) is 3.87. The van der Waals surface area contributed by atoms with Gasteiger partial charge in [0.2, 0.25) is 5.78 Å². The summed E-state index contributed by atoms with van der Waals surface area (Å²) in [6, 6.07) is 9.31.